The number of rotatable bonds is 34. The molecule has 0 N–H and O–H groups in total. The predicted octanol–water partition coefficient (Wildman–Crippen LogP) is 13.4. The summed E-state index contributed by atoms with van der Waals surface area (Å²) >= 11 is 0. The lowest BCUT2D eigenvalue weighted by molar-refractivity contribution is -0.139. The molecule has 0 aromatic heterocycles. The number of nitrogens with zero attached hydrogens (tertiary/aromatic N) is 1. The van der Waals surface area contributed by atoms with Crippen molar-refractivity contribution in [3.63, 3.8) is 0 Å². The molecule has 0 aliphatic heterocycles. The number of unbranched alkanes of at least 4 members (excludes halogenated alkanes) is 9. The van der Waals surface area contributed by atoms with Gasteiger partial charge in [0.05, 0.1) is 68.0 Å². The van der Waals surface area contributed by atoms with Crippen molar-refractivity contribution in [2.75, 3.05) is 39.6 Å². The molecule has 16 nitrogen and oxygen atoms in total. The van der Waals surface area contributed by atoms with Gasteiger partial charge in [-0.2, -0.15) is 5.26 Å². The van der Waals surface area contributed by atoms with E-state index in [1.807, 2.05) is 24.3 Å². The highest BCUT2D eigenvalue weighted by atomic mass is 16.6. The highest BCUT2D eigenvalue weighted by Gasteiger charge is 2.21. The topological polar surface area (TPSA) is 209 Å². The van der Waals surface area contributed by atoms with Crippen molar-refractivity contribution in [2.45, 2.75) is 84.0 Å². The van der Waals surface area contributed by atoms with Crippen molar-refractivity contribution in [1.29, 1.82) is 5.26 Å². The van der Waals surface area contributed by atoms with E-state index in [4.69, 9.17) is 47.9 Å². The second kappa shape index (κ2) is 33.8. The van der Waals surface area contributed by atoms with E-state index in [2.05, 4.69) is 19.2 Å². The molecule has 0 amide bonds. The largest absolute Gasteiger partial charge is 0.494 e. The molecule has 6 aromatic rings. The molecule has 16 heteroatoms. The van der Waals surface area contributed by atoms with E-state index < -0.39 is 29.8 Å². The summed E-state index contributed by atoms with van der Waals surface area (Å²) in [6.07, 6.45) is 10.4. The van der Waals surface area contributed by atoms with E-state index in [0.717, 1.165) is 75.0 Å². The standard InChI is InChI=1S/C66H67NO15/c1-4-61(68)77-42-14-8-10-16-44-79-66(73)59-45-58(81-64(71)52-25-31-55(32-26-52)75-41-13-7-9-15-43-78-62(69)47(2)3)37-38-60(59)82-65(72)53-27-33-56(34-28-53)76-40-12-6-5-11-39-74-54-29-23-51(24-30-54)63(70)80-57-35-21-50(22-36-57)49-19-17-48(46-67)18-20-49/h4,17-38,45H,1-2,5-16,39-44H2,3H3. The van der Waals surface area contributed by atoms with E-state index in [1.165, 1.54) is 18.2 Å². The summed E-state index contributed by atoms with van der Waals surface area (Å²) in [5, 5.41) is 9.04. The fraction of sp³-hybridized carbons (Fsp3) is 0.288. The Kier molecular flexibility index (Phi) is 25.5. The van der Waals surface area contributed by atoms with E-state index in [0.29, 0.717) is 85.4 Å². The zero-order valence-corrected chi connectivity index (χ0v) is 46.1. The molecule has 0 bridgehead atoms. The van der Waals surface area contributed by atoms with Crippen molar-refractivity contribution >= 4 is 35.8 Å². The quantitative estimate of drug-likeness (QED) is 0.0121. The van der Waals surface area contributed by atoms with Crippen LogP contribution in [0.25, 0.3) is 11.1 Å². The first kappa shape index (κ1) is 61.7. The lowest BCUT2D eigenvalue weighted by atomic mass is 10.0. The first-order valence-corrected chi connectivity index (χ1v) is 27.3. The van der Waals surface area contributed by atoms with Gasteiger partial charge in [-0.05, 0) is 210 Å². The fourth-order valence-electron chi connectivity index (χ4n) is 7.83. The lowest BCUT2D eigenvalue weighted by Crippen LogP contribution is -2.15. The number of carbonyl (C=O) groups is 6. The van der Waals surface area contributed by atoms with Gasteiger partial charge in [-0.15, -0.1) is 0 Å². The van der Waals surface area contributed by atoms with Crippen LogP contribution in [0.3, 0.4) is 0 Å². The number of nitriles is 1. The molecule has 0 saturated carbocycles. The Morgan fingerprint density at radius 2 is 0.805 bits per heavy atom. The lowest BCUT2D eigenvalue weighted by Gasteiger charge is -2.13. The van der Waals surface area contributed by atoms with Gasteiger partial charge in [0.2, 0.25) is 0 Å². The second-order valence-corrected chi connectivity index (χ2v) is 18.8. The van der Waals surface area contributed by atoms with Crippen LogP contribution in [0.15, 0.2) is 164 Å². The van der Waals surface area contributed by atoms with Crippen LogP contribution in [0, 0.1) is 11.3 Å². The SMILES string of the molecule is C=CC(=O)OCCCCCCOC(=O)c1cc(OC(=O)c2ccc(OCCCCCCOC(=O)C(=C)C)cc2)ccc1OC(=O)c1ccc(OCCCCCCOc2ccc(C(=O)Oc3ccc(-c4ccc(C#N)cc4)cc3)cc2)cc1. The molecule has 0 saturated heterocycles. The Labute approximate surface area is 478 Å². The van der Waals surface area contributed by atoms with E-state index in [1.54, 1.807) is 104 Å². The van der Waals surface area contributed by atoms with Gasteiger partial charge in [0.25, 0.3) is 0 Å². The monoisotopic (exact) mass is 1110 g/mol. The van der Waals surface area contributed by atoms with Crippen LogP contribution in [0.2, 0.25) is 0 Å². The molecule has 6 rings (SSSR count). The highest BCUT2D eigenvalue weighted by Crippen LogP contribution is 2.29. The van der Waals surface area contributed by atoms with Crippen LogP contribution in [-0.2, 0) is 23.8 Å². The average molecular weight is 1110 g/mol. The van der Waals surface area contributed by atoms with Gasteiger partial charge >= 0.3 is 35.8 Å². The van der Waals surface area contributed by atoms with Gasteiger partial charge in [0.1, 0.15) is 40.1 Å². The number of carbonyl (C=O) groups excluding carboxylic acids is 6. The maximum Gasteiger partial charge on any atom is 0.343 e. The fourth-order valence-corrected chi connectivity index (χ4v) is 7.83. The van der Waals surface area contributed by atoms with Crippen LogP contribution in [-0.4, -0.2) is 75.5 Å². The van der Waals surface area contributed by atoms with Gasteiger partial charge in [-0.1, -0.05) is 37.4 Å². The van der Waals surface area contributed by atoms with Gasteiger partial charge in [-0.3, -0.25) is 0 Å². The van der Waals surface area contributed by atoms with Crippen molar-refractivity contribution in [1.82, 2.24) is 0 Å². The molecule has 82 heavy (non-hydrogen) atoms. The normalized spacial score (nSPS) is 10.5. The second-order valence-electron chi connectivity index (χ2n) is 18.8. The summed E-state index contributed by atoms with van der Waals surface area (Å²) in [7, 11) is 0. The minimum Gasteiger partial charge on any atom is -0.494 e. The van der Waals surface area contributed by atoms with Crippen LogP contribution in [0.5, 0.6) is 34.5 Å². The molecule has 426 valence electrons. The smallest absolute Gasteiger partial charge is 0.343 e. The molecule has 0 atom stereocenters. The Morgan fingerprint density at radius 3 is 1.24 bits per heavy atom. The molecular formula is C66H67NO15. The maximum absolute atomic E-state index is 13.5. The van der Waals surface area contributed by atoms with E-state index in [9.17, 15) is 28.8 Å². The Balaban J connectivity index is 0.910. The molecule has 0 aliphatic carbocycles. The molecule has 0 unspecified atom stereocenters. The number of ether oxygens (including phenoxy) is 9. The molecule has 0 heterocycles. The summed E-state index contributed by atoms with van der Waals surface area (Å²) in [5.74, 6) is -1.49. The minimum absolute atomic E-state index is 0.0152. The highest BCUT2D eigenvalue weighted by molar-refractivity contribution is 5.97. The number of hydrogen-bond acceptors (Lipinski definition) is 16. The molecule has 0 spiro atoms. The number of benzene rings is 6. The van der Waals surface area contributed by atoms with Crippen molar-refractivity contribution < 1.29 is 71.4 Å². The third-order valence-corrected chi connectivity index (χ3v) is 12.4. The van der Waals surface area contributed by atoms with E-state index in [-0.39, 0.29) is 47.4 Å². The Bertz CT molecular complexity index is 3110. The van der Waals surface area contributed by atoms with Crippen molar-refractivity contribution in [2.24, 2.45) is 0 Å². The third-order valence-electron chi connectivity index (χ3n) is 12.4. The molecular weight excluding hydrogens is 1050 g/mol. The van der Waals surface area contributed by atoms with Gasteiger partial charge < -0.3 is 42.6 Å². The Morgan fingerprint density at radius 1 is 0.427 bits per heavy atom. The summed E-state index contributed by atoms with van der Waals surface area (Å²) in [6.45, 7) is 10.6. The first-order chi connectivity index (χ1) is 39.9. The maximum atomic E-state index is 13.5. The third kappa shape index (κ3) is 21.3. The van der Waals surface area contributed by atoms with Gasteiger partial charge in [0, 0.05) is 11.6 Å². The summed E-state index contributed by atoms with van der Waals surface area (Å²) in [5.41, 5.74) is 3.54. The van der Waals surface area contributed by atoms with Crippen LogP contribution >= 0.6 is 0 Å². The van der Waals surface area contributed by atoms with Gasteiger partial charge in [0.15, 0.2) is 0 Å². The summed E-state index contributed by atoms with van der Waals surface area (Å²) in [6, 6.07) is 40.3. The first-order valence-electron chi connectivity index (χ1n) is 27.3. The van der Waals surface area contributed by atoms with E-state index >= 15 is 0 Å². The minimum atomic E-state index is -0.794. The van der Waals surface area contributed by atoms with Crippen LogP contribution in [0.4, 0.5) is 0 Å². The van der Waals surface area contributed by atoms with Crippen molar-refractivity contribution in [3.8, 4) is 51.7 Å². The summed E-state index contributed by atoms with van der Waals surface area (Å²) in [4.78, 5) is 75.8. The zero-order valence-electron chi connectivity index (χ0n) is 46.1. The number of esters is 6. The summed E-state index contributed by atoms with van der Waals surface area (Å²) < 4.78 is 50.2. The molecule has 0 radical (unpaired) electrons. The van der Waals surface area contributed by atoms with Crippen LogP contribution < -0.4 is 28.4 Å². The zero-order chi connectivity index (χ0) is 58.3. The Hall–Kier alpha value is -9.49. The predicted molar refractivity (Wildman–Crippen MR) is 306 cm³/mol. The number of hydrogen-bond donors (Lipinski definition) is 0. The molecule has 0 aliphatic rings. The van der Waals surface area contributed by atoms with Crippen LogP contribution in [0.1, 0.15) is 131 Å². The molecule has 6 aromatic carbocycles. The van der Waals surface area contributed by atoms with Crippen molar-refractivity contribution in [3.05, 3.63) is 192 Å². The molecule has 0 fully saturated rings. The average Bonchev–Trinajstić information content (AvgIpc) is 3.68. The van der Waals surface area contributed by atoms with Gasteiger partial charge in [-0.25, -0.2) is 28.8 Å².